The van der Waals surface area contributed by atoms with Gasteiger partial charge >= 0.3 is 0 Å². The average Bonchev–Trinajstić information content (AvgIpc) is 3.46. The van der Waals surface area contributed by atoms with E-state index in [2.05, 4.69) is 20.5 Å². The largest absolute Gasteiger partial charge is 0.459 e. The molecule has 0 bridgehead atoms. The Morgan fingerprint density at radius 3 is 2.59 bits per heavy atom. The van der Waals surface area contributed by atoms with E-state index in [1.807, 2.05) is 24.4 Å². The fourth-order valence-corrected chi connectivity index (χ4v) is 3.70. The van der Waals surface area contributed by atoms with Crippen molar-refractivity contribution >= 4 is 29.1 Å². The van der Waals surface area contributed by atoms with Crippen molar-refractivity contribution < 1.29 is 14.0 Å². The molecular formula is C20H27N5O3S. The van der Waals surface area contributed by atoms with Gasteiger partial charge in [0.1, 0.15) is 0 Å². The summed E-state index contributed by atoms with van der Waals surface area (Å²) in [5.74, 6) is 1.12. The maximum Gasteiger partial charge on any atom is 0.289 e. The Labute approximate surface area is 174 Å². The number of rotatable bonds is 7. The van der Waals surface area contributed by atoms with Crippen LogP contribution in [0.5, 0.6) is 0 Å². The van der Waals surface area contributed by atoms with Crippen LogP contribution < -0.4 is 10.6 Å². The van der Waals surface area contributed by atoms with Crippen molar-refractivity contribution in [2.45, 2.75) is 13.3 Å². The lowest BCUT2D eigenvalue weighted by atomic mass is 10.3. The lowest BCUT2D eigenvalue weighted by Gasteiger charge is -2.36. The first-order valence-corrected chi connectivity index (χ1v) is 10.7. The van der Waals surface area contributed by atoms with Gasteiger partial charge in [-0.1, -0.05) is 6.07 Å². The first kappa shape index (κ1) is 20.9. The SMILES string of the molecule is CCNC(=NCCCNC(=O)c1cccs1)N1CCN(C(=O)c2ccco2)CC1. The lowest BCUT2D eigenvalue weighted by Crippen LogP contribution is -2.53. The summed E-state index contributed by atoms with van der Waals surface area (Å²) in [6, 6.07) is 7.10. The van der Waals surface area contributed by atoms with E-state index in [1.165, 1.54) is 17.6 Å². The lowest BCUT2D eigenvalue weighted by molar-refractivity contribution is 0.0657. The molecule has 3 heterocycles. The van der Waals surface area contributed by atoms with E-state index in [-0.39, 0.29) is 11.8 Å². The summed E-state index contributed by atoms with van der Waals surface area (Å²) in [6.07, 6.45) is 2.28. The van der Waals surface area contributed by atoms with Crippen LogP contribution in [0.2, 0.25) is 0 Å². The normalized spacial score (nSPS) is 14.7. The molecule has 29 heavy (non-hydrogen) atoms. The van der Waals surface area contributed by atoms with Crippen LogP contribution >= 0.6 is 11.3 Å². The minimum atomic E-state index is -0.0712. The number of furan rings is 1. The predicted molar refractivity (Wildman–Crippen MR) is 113 cm³/mol. The summed E-state index contributed by atoms with van der Waals surface area (Å²) in [5, 5.41) is 8.12. The van der Waals surface area contributed by atoms with Crippen LogP contribution in [-0.2, 0) is 0 Å². The highest BCUT2D eigenvalue weighted by atomic mass is 32.1. The second-order valence-electron chi connectivity index (χ2n) is 6.58. The zero-order valence-corrected chi connectivity index (χ0v) is 17.4. The van der Waals surface area contributed by atoms with Gasteiger partial charge in [-0.05, 0) is 36.9 Å². The molecule has 1 aliphatic heterocycles. The Bertz CT molecular complexity index is 796. The van der Waals surface area contributed by atoms with E-state index in [0.29, 0.717) is 45.0 Å². The van der Waals surface area contributed by atoms with Crippen molar-refractivity contribution in [3.05, 3.63) is 46.5 Å². The molecule has 0 atom stereocenters. The van der Waals surface area contributed by atoms with E-state index in [0.717, 1.165) is 23.8 Å². The van der Waals surface area contributed by atoms with Gasteiger partial charge < -0.3 is 24.9 Å². The van der Waals surface area contributed by atoms with Gasteiger partial charge in [0.25, 0.3) is 11.8 Å². The molecular weight excluding hydrogens is 390 g/mol. The minimum absolute atomic E-state index is 0.0340. The smallest absolute Gasteiger partial charge is 0.289 e. The number of thiophene rings is 1. The number of nitrogens with zero attached hydrogens (tertiary/aromatic N) is 3. The van der Waals surface area contributed by atoms with Crippen LogP contribution in [-0.4, -0.2) is 73.4 Å². The third-order valence-corrected chi connectivity index (χ3v) is 5.43. The molecule has 0 aliphatic carbocycles. The summed E-state index contributed by atoms with van der Waals surface area (Å²) < 4.78 is 5.21. The van der Waals surface area contributed by atoms with Crippen LogP contribution in [0.25, 0.3) is 0 Å². The van der Waals surface area contributed by atoms with Crippen LogP contribution in [0, 0.1) is 0 Å². The van der Waals surface area contributed by atoms with Gasteiger partial charge in [-0.15, -0.1) is 11.3 Å². The summed E-state index contributed by atoms with van der Waals surface area (Å²) in [5.41, 5.74) is 0. The highest BCUT2D eigenvalue weighted by Crippen LogP contribution is 2.10. The summed E-state index contributed by atoms with van der Waals surface area (Å²) in [4.78, 5) is 33.7. The predicted octanol–water partition coefficient (Wildman–Crippen LogP) is 1.88. The highest BCUT2D eigenvalue weighted by Gasteiger charge is 2.25. The number of guanidine groups is 1. The second-order valence-corrected chi connectivity index (χ2v) is 7.53. The van der Waals surface area contributed by atoms with E-state index < -0.39 is 0 Å². The van der Waals surface area contributed by atoms with Crippen LogP contribution in [0.4, 0.5) is 0 Å². The Morgan fingerprint density at radius 1 is 1.14 bits per heavy atom. The molecule has 2 aromatic rings. The van der Waals surface area contributed by atoms with E-state index in [4.69, 9.17) is 4.42 Å². The Hall–Kier alpha value is -2.81. The molecule has 0 radical (unpaired) electrons. The minimum Gasteiger partial charge on any atom is -0.459 e. The van der Waals surface area contributed by atoms with Crippen molar-refractivity contribution in [2.24, 2.45) is 4.99 Å². The Kier molecular flexibility index (Phi) is 7.69. The Balaban J connectivity index is 1.43. The first-order valence-electron chi connectivity index (χ1n) is 9.86. The fourth-order valence-electron chi connectivity index (χ4n) is 3.06. The molecule has 2 aromatic heterocycles. The number of nitrogens with one attached hydrogen (secondary N) is 2. The van der Waals surface area contributed by atoms with Crippen LogP contribution in [0.15, 0.2) is 45.3 Å². The number of carbonyl (C=O) groups is 2. The number of piperazine rings is 1. The standard InChI is InChI=1S/C20H27N5O3S/c1-2-21-20(23-9-5-8-22-18(26)17-7-4-15-29-17)25-12-10-24(11-13-25)19(27)16-6-3-14-28-16/h3-4,6-7,14-15H,2,5,8-13H2,1H3,(H,21,23)(H,22,26). The van der Waals surface area contributed by atoms with E-state index in [9.17, 15) is 9.59 Å². The average molecular weight is 418 g/mol. The van der Waals surface area contributed by atoms with Crippen LogP contribution in [0.3, 0.4) is 0 Å². The molecule has 1 saturated heterocycles. The summed E-state index contributed by atoms with van der Waals surface area (Å²) in [6.45, 7) is 6.71. The molecule has 1 aliphatic rings. The topological polar surface area (TPSA) is 90.2 Å². The van der Waals surface area contributed by atoms with Crippen molar-refractivity contribution in [2.75, 3.05) is 45.8 Å². The molecule has 0 unspecified atom stereocenters. The number of hydrogen-bond acceptors (Lipinski definition) is 5. The second kappa shape index (κ2) is 10.7. The monoisotopic (exact) mass is 417 g/mol. The third kappa shape index (κ3) is 5.83. The summed E-state index contributed by atoms with van der Waals surface area (Å²) >= 11 is 1.44. The molecule has 3 rings (SSSR count). The Morgan fingerprint density at radius 2 is 1.93 bits per heavy atom. The fraction of sp³-hybridized carbons (Fsp3) is 0.450. The van der Waals surface area contributed by atoms with Gasteiger partial charge in [0.05, 0.1) is 11.1 Å². The van der Waals surface area contributed by atoms with Gasteiger partial charge in [0.2, 0.25) is 0 Å². The number of aliphatic imine (C=N–C) groups is 1. The third-order valence-electron chi connectivity index (χ3n) is 4.56. The van der Waals surface area contributed by atoms with Gasteiger partial charge in [0, 0.05) is 45.8 Å². The quantitative estimate of drug-likeness (QED) is 0.408. The highest BCUT2D eigenvalue weighted by molar-refractivity contribution is 7.12. The molecule has 156 valence electrons. The zero-order chi connectivity index (χ0) is 20.5. The first-order chi connectivity index (χ1) is 14.2. The molecule has 8 nitrogen and oxygen atoms in total. The molecule has 2 amide bonds. The molecule has 2 N–H and O–H groups in total. The van der Waals surface area contributed by atoms with Gasteiger partial charge in [0.15, 0.2) is 11.7 Å². The molecule has 9 heteroatoms. The number of hydrogen-bond donors (Lipinski definition) is 2. The van der Waals surface area contributed by atoms with Crippen LogP contribution in [0.1, 0.15) is 33.6 Å². The maximum absolute atomic E-state index is 12.4. The summed E-state index contributed by atoms with van der Waals surface area (Å²) in [7, 11) is 0. The van der Waals surface area contributed by atoms with E-state index >= 15 is 0 Å². The van der Waals surface area contributed by atoms with Crippen molar-refractivity contribution in [3.63, 3.8) is 0 Å². The number of amides is 2. The maximum atomic E-state index is 12.4. The molecule has 0 saturated carbocycles. The van der Waals surface area contributed by atoms with Crippen molar-refractivity contribution in [1.82, 2.24) is 20.4 Å². The van der Waals surface area contributed by atoms with Gasteiger partial charge in [-0.2, -0.15) is 0 Å². The van der Waals surface area contributed by atoms with E-state index in [1.54, 1.807) is 17.0 Å². The van der Waals surface area contributed by atoms with Gasteiger partial charge in [-0.3, -0.25) is 14.6 Å². The molecule has 0 spiro atoms. The zero-order valence-electron chi connectivity index (χ0n) is 16.6. The molecule has 0 aromatic carbocycles. The van der Waals surface area contributed by atoms with Gasteiger partial charge in [-0.25, -0.2) is 0 Å². The van der Waals surface area contributed by atoms with Crippen molar-refractivity contribution in [1.29, 1.82) is 0 Å². The number of carbonyl (C=O) groups excluding carboxylic acids is 2. The van der Waals surface area contributed by atoms with Crippen molar-refractivity contribution in [3.8, 4) is 0 Å². The molecule has 1 fully saturated rings.